The molecule has 0 saturated heterocycles. The van der Waals surface area contributed by atoms with E-state index >= 15 is 0 Å². The summed E-state index contributed by atoms with van der Waals surface area (Å²) >= 11 is 0. The van der Waals surface area contributed by atoms with Crippen LogP contribution < -0.4 is 5.32 Å². The highest BCUT2D eigenvalue weighted by molar-refractivity contribution is 6.04. The summed E-state index contributed by atoms with van der Waals surface area (Å²) in [5.74, 6) is 0.483. The molecule has 0 radical (unpaired) electrons. The second kappa shape index (κ2) is 7.48. The normalized spacial score (nSPS) is 17.0. The lowest BCUT2D eigenvalue weighted by Gasteiger charge is -2.40. The van der Waals surface area contributed by atoms with Gasteiger partial charge in [0.1, 0.15) is 5.82 Å². The zero-order chi connectivity index (χ0) is 18.8. The van der Waals surface area contributed by atoms with Crippen LogP contribution in [0.3, 0.4) is 0 Å². The molecule has 1 unspecified atom stereocenters. The summed E-state index contributed by atoms with van der Waals surface area (Å²) < 4.78 is 0. The number of carbonyl (C=O) groups excluding carboxylic acids is 2. The highest BCUT2D eigenvalue weighted by atomic mass is 16.3. The summed E-state index contributed by atoms with van der Waals surface area (Å²) in [5.41, 5.74) is 2.16. The number of rotatable bonds is 6. The summed E-state index contributed by atoms with van der Waals surface area (Å²) in [7, 11) is 0. The minimum atomic E-state index is -0.222. The van der Waals surface area contributed by atoms with Crippen LogP contribution in [0.25, 0.3) is 0 Å². The Hall–Kier alpha value is -2.73. The van der Waals surface area contributed by atoms with Gasteiger partial charge in [0.25, 0.3) is 5.91 Å². The standard InChI is InChI=1S/C21H23N3O3/c25-13-18(15-7-4-8-15)24(12-14-5-2-1-3-6-14)21(27)16-9-10-22-20-17(16)11-19(26)23-20/h1-3,5-6,9-10,15,18,25H,4,7-8,11-13H2,(H,22,23,26). The SMILES string of the molecule is O=C1Cc2c(C(=O)N(Cc3ccccc3)C(CO)C3CCC3)ccnc2N1. The van der Waals surface area contributed by atoms with Crippen molar-refractivity contribution in [1.82, 2.24) is 9.88 Å². The van der Waals surface area contributed by atoms with Crippen LogP contribution in [-0.2, 0) is 17.8 Å². The molecule has 0 bridgehead atoms. The molecule has 140 valence electrons. The fourth-order valence-corrected chi connectivity index (χ4v) is 3.92. The van der Waals surface area contributed by atoms with Gasteiger partial charge in [-0.05, 0) is 30.4 Å². The predicted octanol–water partition coefficient (Wildman–Crippen LogP) is 2.38. The molecule has 2 heterocycles. The molecule has 1 aliphatic heterocycles. The van der Waals surface area contributed by atoms with E-state index < -0.39 is 0 Å². The molecular weight excluding hydrogens is 342 g/mol. The summed E-state index contributed by atoms with van der Waals surface area (Å²) in [6.07, 6.45) is 4.90. The first-order chi connectivity index (χ1) is 13.2. The van der Waals surface area contributed by atoms with Crippen LogP contribution in [0.15, 0.2) is 42.6 Å². The maximum Gasteiger partial charge on any atom is 0.254 e. The van der Waals surface area contributed by atoms with E-state index in [4.69, 9.17) is 0 Å². The van der Waals surface area contributed by atoms with Gasteiger partial charge in [0.2, 0.25) is 5.91 Å². The number of fused-ring (bicyclic) bond motifs is 1. The highest BCUT2D eigenvalue weighted by Crippen LogP contribution is 2.34. The first-order valence-electron chi connectivity index (χ1n) is 9.41. The molecule has 1 saturated carbocycles. The number of anilines is 1. The number of hydrogen-bond donors (Lipinski definition) is 2. The Balaban J connectivity index is 1.69. The molecule has 1 fully saturated rings. The Morgan fingerprint density at radius 3 is 2.70 bits per heavy atom. The molecule has 1 aromatic carbocycles. The van der Waals surface area contributed by atoms with Gasteiger partial charge < -0.3 is 15.3 Å². The molecule has 1 aliphatic carbocycles. The van der Waals surface area contributed by atoms with Crippen molar-refractivity contribution in [3.63, 3.8) is 0 Å². The molecule has 2 N–H and O–H groups in total. The molecule has 1 atom stereocenters. The number of aliphatic hydroxyl groups is 1. The highest BCUT2D eigenvalue weighted by Gasteiger charge is 2.36. The van der Waals surface area contributed by atoms with Gasteiger partial charge in [-0.15, -0.1) is 0 Å². The van der Waals surface area contributed by atoms with Crippen molar-refractivity contribution in [1.29, 1.82) is 0 Å². The van der Waals surface area contributed by atoms with Gasteiger partial charge in [-0.1, -0.05) is 36.8 Å². The number of carbonyl (C=O) groups is 2. The Kier molecular flexibility index (Phi) is 4.90. The van der Waals surface area contributed by atoms with Crippen molar-refractivity contribution in [3.8, 4) is 0 Å². The van der Waals surface area contributed by atoms with Crippen molar-refractivity contribution in [2.24, 2.45) is 5.92 Å². The van der Waals surface area contributed by atoms with Crippen molar-refractivity contribution in [2.45, 2.75) is 38.3 Å². The molecule has 2 aliphatic rings. The van der Waals surface area contributed by atoms with Crippen LogP contribution in [0.2, 0.25) is 0 Å². The summed E-state index contributed by atoms with van der Waals surface area (Å²) in [4.78, 5) is 31.2. The molecule has 6 nitrogen and oxygen atoms in total. The van der Waals surface area contributed by atoms with E-state index in [-0.39, 0.29) is 30.9 Å². The fourth-order valence-electron chi connectivity index (χ4n) is 3.92. The average molecular weight is 365 g/mol. The topological polar surface area (TPSA) is 82.5 Å². The molecule has 1 aromatic heterocycles. The Morgan fingerprint density at radius 2 is 2.04 bits per heavy atom. The lowest BCUT2D eigenvalue weighted by atomic mass is 9.79. The molecule has 2 aromatic rings. The second-order valence-electron chi connectivity index (χ2n) is 7.27. The Labute approximate surface area is 158 Å². The molecule has 2 amide bonds. The average Bonchev–Trinajstić information content (AvgIpc) is 3.03. The lowest BCUT2D eigenvalue weighted by molar-refractivity contribution is -0.115. The van der Waals surface area contributed by atoms with E-state index in [0.29, 0.717) is 29.4 Å². The monoisotopic (exact) mass is 365 g/mol. The maximum atomic E-state index is 13.5. The van der Waals surface area contributed by atoms with Crippen LogP contribution in [0.4, 0.5) is 5.82 Å². The van der Waals surface area contributed by atoms with Crippen LogP contribution in [-0.4, -0.2) is 39.5 Å². The summed E-state index contributed by atoms with van der Waals surface area (Å²) in [6.45, 7) is 0.369. The third-order valence-corrected chi connectivity index (χ3v) is 5.62. The fraction of sp³-hybridized carbons (Fsp3) is 0.381. The number of nitrogens with zero attached hydrogens (tertiary/aromatic N) is 2. The van der Waals surface area contributed by atoms with Crippen molar-refractivity contribution in [3.05, 3.63) is 59.3 Å². The van der Waals surface area contributed by atoms with E-state index in [0.717, 1.165) is 24.8 Å². The molecule has 0 spiro atoms. The number of nitrogens with one attached hydrogen (secondary N) is 1. The zero-order valence-corrected chi connectivity index (χ0v) is 15.1. The van der Waals surface area contributed by atoms with E-state index in [1.54, 1.807) is 17.2 Å². The minimum absolute atomic E-state index is 0.0618. The third-order valence-electron chi connectivity index (χ3n) is 5.62. The second-order valence-corrected chi connectivity index (χ2v) is 7.27. The lowest BCUT2D eigenvalue weighted by Crippen LogP contribution is -2.48. The summed E-state index contributed by atoms with van der Waals surface area (Å²) in [5, 5.41) is 12.8. The minimum Gasteiger partial charge on any atom is -0.394 e. The molecular formula is C21H23N3O3. The van der Waals surface area contributed by atoms with Crippen LogP contribution in [0.5, 0.6) is 0 Å². The van der Waals surface area contributed by atoms with Gasteiger partial charge in [0, 0.05) is 23.9 Å². The number of aromatic nitrogens is 1. The molecule has 4 rings (SSSR count). The number of hydrogen-bond acceptors (Lipinski definition) is 4. The zero-order valence-electron chi connectivity index (χ0n) is 15.1. The largest absolute Gasteiger partial charge is 0.394 e. The third kappa shape index (κ3) is 3.45. The van der Waals surface area contributed by atoms with Crippen molar-refractivity contribution >= 4 is 17.6 Å². The van der Waals surface area contributed by atoms with Gasteiger partial charge in [-0.3, -0.25) is 9.59 Å². The number of benzene rings is 1. The van der Waals surface area contributed by atoms with Crippen LogP contribution >= 0.6 is 0 Å². The number of pyridine rings is 1. The van der Waals surface area contributed by atoms with Crippen molar-refractivity contribution in [2.75, 3.05) is 11.9 Å². The van der Waals surface area contributed by atoms with Gasteiger partial charge in [0.15, 0.2) is 0 Å². The number of aliphatic hydroxyl groups excluding tert-OH is 1. The molecule has 6 heteroatoms. The van der Waals surface area contributed by atoms with Crippen LogP contribution in [0, 0.1) is 5.92 Å². The van der Waals surface area contributed by atoms with E-state index in [1.165, 1.54) is 0 Å². The quantitative estimate of drug-likeness (QED) is 0.823. The first kappa shape index (κ1) is 17.7. The Morgan fingerprint density at radius 1 is 1.26 bits per heavy atom. The molecule has 27 heavy (non-hydrogen) atoms. The van der Waals surface area contributed by atoms with Gasteiger partial charge >= 0.3 is 0 Å². The summed E-state index contributed by atoms with van der Waals surface area (Å²) in [6, 6.07) is 11.3. The van der Waals surface area contributed by atoms with Gasteiger partial charge in [-0.2, -0.15) is 0 Å². The van der Waals surface area contributed by atoms with Crippen LogP contribution in [0.1, 0.15) is 40.7 Å². The van der Waals surface area contributed by atoms with Gasteiger partial charge in [-0.25, -0.2) is 4.98 Å². The smallest absolute Gasteiger partial charge is 0.254 e. The Bertz CT molecular complexity index is 849. The van der Waals surface area contributed by atoms with Gasteiger partial charge in [0.05, 0.1) is 19.1 Å². The van der Waals surface area contributed by atoms with E-state index in [1.807, 2.05) is 30.3 Å². The van der Waals surface area contributed by atoms with E-state index in [2.05, 4.69) is 10.3 Å². The number of amides is 2. The van der Waals surface area contributed by atoms with E-state index in [9.17, 15) is 14.7 Å². The van der Waals surface area contributed by atoms with Crippen molar-refractivity contribution < 1.29 is 14.7 Å². The predicted molar refractivity (Wildman–Crippen MR) is 101 cm³/mol. The first-order valence-corrected chi connectivity index (χ1v) is 9.41. The maximum absolute atomic E-state index is 13.5.